The van der Waals surface area contributed by atoms with Crippen LogP contribution >= 0.6 is 0 Å². The summed E-state index contributed by atoms with van der Waals surface area (Å²) in [6.07, 6.45) is 2.19. The molecule has 0 fully saturated rings. The molecular weight excluding hydrogens is 202 g/mol. The first-order chi connectivity index (χ1) is 7.30. The first-order valence-electron chi connectivity index (χ1n) is 6.26. The minimum absolute atomic E-state index is 0.0835. The van der Waals surface area contributed by atoms with Crippen molar-refractivity contribution in [1.29, 1.82) is 0 Å². The van der Waals surface area contributed by atoms with Crippen molar-refractivity contribution in [3.05, 3.63) is 0 Å². The lowest BCUT2D eigenvalue weighted by atomic mass is 10.1. The molecule has 0 heterocycles. The van der Waals surface area contributed by atoms with Crippen molar-refractivity contribution in [2.24, 2.45) is 5.92 Å². The van der Waals surface area contributed by atoms with Gasteiger partial charge < -0.3 is 10.1 Å². The second-order valence-corrected chi connectivity index (χ2v) is 5.36. The average molecular weight is 229 g/mol. The number of ether oxygens (including phenoxy) is 1. The van der Waals surface area contributed by atoms with Crippen molar-refractivity contribution >= 4 is 5.97 Å². The molecule has 0 aliphatic carbocycles. The van der Waals surface area contributed by atoms with Gasteiger partial charge in [-0.15, -0.1) is 0 Å². The molecule has 1 unspecified atom stereocenters. The van der Waals surface area contributed by atoms with Gasteiger partial charge in [-0.3, -0.25) is 4.79 Å². The van der Waals surface area contributed by atoms with Crippen molar-refractivity contribution in [3.63, 3.8) is 0 Å². The van der Waals surface area contributed by atoms with Crippen LogP contribution in [0.5, 0.6) is 0 Å². The van der Waals surface area contributed by atoms with E-state index in [1.807, 2.05) is 27.7 Å². The lowest BCUT2D eigenvalue weighted by molar-refractivity contribution is -0.159. The molecular formula is C13H27NO2. The van der Waals surface area contributed by atoms with Gasteiger partial charge in [0.1, 0.15) is 5.60 Å². The zero-order chi connectivity index (χ0) is 12.8. The molecule has 16 heavy (non-hydrogen) atoms. The lowest BCUT2D eigenvalue weighted by Crippen LogP contribution is -2.37. The molecule has 1 N–H and O–H groups in total. The molecule has 0 bridgehead atoms. The van der Waals surface area contributed by atoms with E-state index in [9.17, 15) is 4.79 Å². The van der Waals surface area contributed by atoms with Gasteiger partial charge in [0, 0.05) is 12.6 Å². The summed E-state index contributed by atoms with van der Waals surface area (Å²) in [4.78, 5) is 11.7. The molecule has 0 aliphatic heterocycles. The minimum Gasteiger partial charge on any atom is -0.460 e. The largest absolute Gasteiger partial charge is 0.460 e. The molecule has 0 aromatic carbocycles. The molecule has 0 aromatic heterocycles. The molecule has 0 rings (SSSR count). The van der Waals surface area contributed by atoms with Crippen molar-refractivity contribution in [3.8, 4) is 0 Å². The van der Waals surface area contributed by atoms with Gasteiger partial charge in [0.15, 0.2) is 0 Å². The number of esters is 1. The van der Waals surface area contributed by atoms with Crippen molar-refractivity contribution < 1.29 is 9.53 Å². The summed E-state index contributed by atoms with van der Waals surface area (Å²) in [5.41, 5.74) is -0.389. The zero-order valence-corrected chi connectivity index (χ0v) is 11.6. The molecule has 0 aliphatic rings. The van der Waals surface area contributed by atoms with Gasteiger partial charge in [-0.25, -0.2) is 0 Å². The maximum Gasteiger partial charge on any atom is 0.310 e. The van der Waals surface area contributed by atoms with Gasteiger partial charge in [0.25, 0.3) is 0 Å². The molecule has 0 radical (unpaired) electrons. The third-order valence-corrected chi connectivity index (χ3v) is 2.51. The van der Waals surface area contributed by atoms with Gasteiger partial charge in [-0.2, -0.15) is 0 Å². The standard InChI is InChI=1S/C13H27NO2/c1-7-11(8-2)14-9-10(3)12(15)16-13(4,5)6/h10-11,14H,7-9H2,1-6H3. The van der Waals surface area contributed by atoms with Crippen LogP contribution in [0.3, 0.4) is 0 Å². The number of nitrogens with one attached hydrogen (secondary N) is 1. The van der Waals surface area contributed by atoms with Crippen LogP contribution in [0, 0.1) is 5.92 Å². The van der Waals surface area contributed by atoms with E-state index >= 15 is 0 Å². The Morgan fingerprint density at radius 2 is 1.75 bits per heavy atom. The molecule has 0 spiro atoms. The van der Waals surface area contributed by atoms with Gasteiger partial charge in [0.2, 0.25) is 0 Å². The average Bonchev–Trinajstić information content (AvgIpc) is 2.16. The topological polar surface area (TPSA) is 38.3 Å². The van der Waals surface area contributed by atoms with Crippen LogP contribution in [0.1, 0.15) is 54.4 Å². The fourth-order valence-electron chi connectivity index (χ4n) is 1.41. The third kappa shape index (κ3) is 6.83. The maximum atomic E-state index is 11.7. The molecule has 3 nitrogen and oxygen atoms in total. The Morgan fingerprint density at radius 3 is 2.12 bits per heavy atom. The molecule has 96 valence electrons. The first kappa shape index (κ1) is 15.4. The normalized spacial score (nSPS) is 13.9. The minimum atomic E-state index is -0.389. The van der Waals surface area contributed by atoms with Gasteiger partial charge in [0.05, 0.1) is 5.92 Å². The molecule has 3 heteroatoms. The highest BCUT2D eigenvalue weighted by Gasteiger charge is 2.21. The highest BCUT2D eigenvalue weighted by Crippen LogP contribution is 2.11. The second kappa shape index (κ2) is 6.89. The number of rotatable bonds is 6. The molecule has 1 atom stereocenters. The van der Waals surface area contributed by atoms with Crippen LogP contribution in [0.25, 0.3) is 0 Å². The van der Waals surface area contributed by atoms with Crippen LogP contribution in [-0.2, 0) is 9.53 Å². The third-order valence-electron chi connectivity index (χ3n) is 2.51. The summed E-state index contributed by atoms with van der Waals surface area (Å²) in [6.45, 7) is 12.6. The summed E-state index contributed by atoms with van der Waals surface area (Å²) >= 11 is 0. The van der Waals surface area contributed by atoms with Crippen molar-refractivity contribution in [1.82, 2.24) is 5.32 Å². The SMILES string of the molecule is CCC(CC)NCC(C)C(=O)OC(C)(C)C. The number of carbonyl (C=O) groups is 1. The summed E-state index contributed by atoms with van der Waals surface area (Å²) in [5.74, 6) is -0.203. The van der Waals surface area contributed by atoms with Crippen LogP contribution in [0.2, 0.25) is 0 Å². The zero-order valence-electron chi connectivity index (χ0n) is 11.6. The predicted octanol–water partition coefficient (Wildman–Crippen LogP) is 2.74. The highest BCUT2D eigenvalue weighted by atomic mass is 16.6. The van der Waals surface area contributed by atoms with E-state index in [1.165, 1.54) is 0 Å². The molecule has 0 amide bonds. The van der Waals surface area contributed by atoms with Gasteiger partial charge in [-0.1, -0.05) is 20.8 Å². The van der Waals surface area contributed by atoms with E-state index in [-0.39, 0.29) is 17.5 Å². The van der Waals surface area contributed by atoms with E-state index < -0.39 is 0 Å². The van der Waals surface area contributed by atoms with E-state index in [0.717, 1.165) is 12.8 Å². The van der Waals surface area contributed by atoms with E-state index in [4.69, 9.17) is 4.74 Å². The Bertz CT molecular complexity index is 204. The monoisotopic (exact) mass is 229 g/mol. The van der Waals surface area contributed by atoms with Crippen LogP contribution < -0.4 is 5.32 Å². The fraction of sp³-hybridized carbons (Fsp3) is 0.923. The van der Waals surface area contributed by atoms with E-state index in [1.54, 1.807) is 0 Å². The molecule has 0 saturated heterocycles. The Labute approximate surface area is 99.9 Å². The van der Waals surface area contributed by atoms with E-state index in [2.05, 4.69) is 19.2 Å². The summed E-state index contributed by atoms with van der Waals surface area (Å²) < 4.78 is 5.32. The van der Waals surface area contributed by atoms with E-state index in [0.29, 0.717) is 12.6 Å². The quantitative estimate of drug-likeness (QED) is 0.712. The Hall–Kier alpha value is -0.570. The summed E-state index contributed by atoms with van der Waals surface area (Å²) in [6, 6.07) is 0.505. The van der Waals surface area contributed by atoms with Gasteiger partial charge >= 0.3 is 5.97 Å². The molecule has 0 aromatic rings. The summed E-state index contributed by atoms with van der Waals surface area (Å²) in [7, 11) is 0. The first-order valence-corrected chi connectivity index (χ1v) is 6.26. The Morgan fingerprint density at radius 1 is 1.25 bits per heavy atom. The van der Waals surface area contributed by atoms with Crippen molar-refractivity contribution in [2.45, 2.75) is 66.0 Å². The highest BCUT2D eigenvalue weighted by molar-refractivity contribution is 5.72. The maximum absolute atomic E-state index is 11.7. The van der Waals surface area contributed by atoms with Crippen LogP contribution in [0.4, 0.5) is 0 Å². The van der Waals surface area contributed by atoms with Crippen LogP contribution in [-0.4, -0.2) is 24.2 Å². The smallest absolute Gasteiger partial charge is 0.310 e. The number of hydrogen-bond donors (Lipinski definition) is 1. The predicted molar refractivity (Wildman–Crippen MR) is 67.4 cm³/mol. The van der Waals surface area contributed by atoms with Gasteiger partial charge in [-0.05, 0) is 33.6 Å². The fourth-order valence-corrected chi connectivity index (χ4v) is 1.41. The van der Waals surface area contributed by atoms with Crippen LogP contribution in [0.15, 0.2) is 0 Å². The summed E-state index contributed by atoms with van der Waals surface area (Å²) in [5, 5.41) is 3.38. The number of hydrogen-bond acceptors (Lipinski definition) is 3. The second-order valence-electron chi connectivity index (χ2n) is 5.36. The van der Waals surface area contributed by atoms with Crippen molar-refractivity contribution in [2.75, 3.05) is 6.54 Å². The Balaban J connectivity index is 3.97. The lowest BCUT2D eigenvalue weighted by Gasteiger charge is -2.23. The Kier molecular flexibility index (Phi) is 6.65. The number of carbonyl (C=O) groups excluding carboxylic acids is 1. The molecule has 0 saturated carbocycles.